The fourth-order valence-corrected chi connectivity index (χ4v) is 4.43. The van der Waals surface area contributed by atoms with Crippen LogP contribution in [0.15, 0.2) is 85.5 Å². The van der Waals surface area contributed by atoms with Crippen molar-refractivity contribution >= 4 is 17.7 Å². The van der Waals surface area contributed by atoms with Crippen LogP contribution in [-0.2, 0) is 16.0 Å². The maximum absolute atomic E-state index is 13.0. The molecule has 0 aliphatic carbocycles. The van der Waals surface area contributed by atoms with E-state index in [1.54, 1.807) is 48.5 Å². The highest BCUT2D eigenvalue weighted by Gasteiger charge is 2.12. The SMILES string of the molecule is C=CC(=O)OCCCCOc1ccc(C(=O)Oc2ccc(C(=O)c3ccc(CCCCCCCCC)cc3)cc2)cc1. The highest BCUT2D eigenvalue weighted by molar-refractivity contribution is 6.09. The Kier molecular flexibility index (Phi) is 14.1. The van der Waals surface area contributed by atoms with Crippen molar-refractivity contribution in [3.8, 4) is 11.5 Å². The maximum atomic E-state index is 13.0. The van der Waals surface area contributed by atoms with Crippen LogP contribution in [0.3, 0.4) is 0 Å². The zero-order valence-electron chi connectivity index (χ0n) is 24.6. The Morgan fingerprint density at radius 1 is 0.643 bits per heavy atom. The molecule has 0 unspecified atom stereocenters. The van der Waals surface area contributed by atoms with Crippen LogP contribution in [0.2, 0.25) is 0 Å². The highest BCUT2D eigenvalue weighted by atomic mass is 16.5. The summed E-state index contributed by atoms with van der Waals surface area (Å²) in [7, 11) is 0. The minimum atomic E-state index is -0.499. The fourth-order valence-electron chi connectivity index (χ4n) is 4.43. The Labute approximate surface area is 249 Å². The monoisotopic (exact) mass is 570 g/mol. The molecule has 0 heterocycles. The first kappa shape index (κ1) is 32.3. The van der Waals surface area contributed by atoms with E-state index in [1.165, 1.54) is 50.5 Å². The molecule has 0 fully saturated rings. The first-order chi connectivity index (χ1) is 20.5. The predicted molar refractivity (Wildman–Crippen MR) is 165 cm³/mol. The van der Waals surface area contributed by atoms with E-state index in [2.05, 4.69) is 13.5 Å². The number of carbonyl (C=O) groups is 3. The number of aryl methyl sites for hydroxylation is 1. The normalized spacial score (nSPS) is 10.6. The van der Waals surface area contributed by atoms with Crippen molar-refractivity contribution in [3.63, 3.8) is 0 Å². The lowest BCUT2D eigenvalue weighted by Crippen LogP contribution is -2.09. The molecule has 0 spiro atoms. The summed E-state index contributed by atoms with van der Waals surface area (Å²) in [4.78, 5) is 36.5. The maximum Gasteiger partial charge on any atom is 0.343 e. The molecule has 0 aliphatic heterocycles. The van der Waals surface area contributed by atoms with Gasteiger partial charge in [0.15, 0.2) is 5.78 Å². The number of ether oxygens (including phenoxy) is 3. The summed E-state index contributed by atoms with van der Waals surface area (Å²) >= 11 is 0. The lowest BCUT2D eigenvalue weighted by molar-refractivity contribution is -0.137. The van der Waals surface area contributed by atoms with E-state index >= 15 is 0 Å². The van der Waals surface area contributed by atoms with Crippen molar-refractivity contribution in [2.75, 3.05) is 13.2 Å². The molecule has 6 nitrogen and oxygen atoms in total. The van der Waals surface area contributed by atoms with Gasteiger partial charge in [-0.2, -0.15) is 0 Å². The summed E-state index contributed by atoms with van der Waals surface area (Å²) < 4.78 is 16.1. The van der Waals surface area contributed by atoms with Crippen molar-refractivity contribution in [2.24, 2.45) is 0 Å². The zero-order chi connectivity index (χ0) is 30.0. The quantitative estimate of drug-likeness (QED) is 0.0474. The molecule has 0 aromatic heterocycles. The Hall–Kier alpha value is -4.19. The molecule has 0 saturated carbocycles. The second-order valence-corrected chi connectivity index (χ2v) is 10.3. The summed E-state index contributed by atoms with van der Waals surface area (Å²) in [6.07, 6.45) is 12.6. The van der Waals surface area contributed by atoms with E-state index in [0.717, 1.165) is 18.9 Å². The molecule has 0 bridgehead atoms. The number of carbonyl (C=O) groups excluding carboxylic acids is 3. The van der Waals surface area contributed by atoms with Crippen molar-refractivity contribution in [1.29, 1.82) is 0 Å². The van der Waals surface area contributed by atoms with Gasteiger partial charge in [-0.15, -0.1) is 0 Å². The molecule has 0 aliphatic rings. The molecule has 222 valence electrons. The van der Waals surface area contributed by atoms with Crippen LogP contribution >= 0.6 is 0 Å². The van der Waals surface area contributed by atoms with Crippen molar-refractivity contribution in [3.05, 3.63) is 108 Å². The molecular formula is C36H42O6. The smallest absolute Gasteiger partial charge is 0.343 e. The number of hydrogen-bond donors (Lipinski definition) is 0. The Morgan fingerprint density at radius 3 is 1.83 bits per heavy atom. The molecule has 0 atom stereocenters. The molecule has 42 heavy (non-hydrogen) atoms. The van der Waals surface area contributed by atoms with E-state index in [4.69, 9.17) is 14.2 Å². The molecular weight excluding hydrogens is 528 g/mol. The number of ketones is 1. The Bertz CT molecular complexity index is 1260. The highest BCUT2D eigenvalue weighted by Crippen LogP contribution is 2.19. The van der Waals surface area contributed by atoms with Gasteiger partial charge in [0, 0.05) is 17.2 Å². The minimum absolute atomic E-state index is 0.0660. The lowest BCUT2D eigenvalue weighted by Gasteiger charge is -2.08. The number of esters is 2. The molecule has 0 radical (unpaired) electrons. The first-order valence-corrected chi connectivity index (χ1v) is 15.0. The third-order valence-corrected chi connectivity index (χ3v) is 6.92. The number of benzene rings is 3. The number of hydrogen-bond acceptors (Lipinski definition) is 6. The van der Waals surface area contributed by atoms with Gasteiger partial charge in [0.2, 0.25) is 0 Å². The van der Waals surface area contributed by atoms with Crippen LogP contribution in [0.1, 0.15) is 96.6 Å². The van der Waals surface area contributed by atoms with Crippen molar-refractivity contribution in [2.45, 2.75) is 71.1 Å². The van der Waals surface area contributed by atoms with E-state index in [9.17, 15) is 14.4 Å². The standard InChI is InChI=1S/C36H42O6/c1-3-5-6-7-8-9-10-13-28-14-16-29(17-15-28)35(38)30-18-24-33(25-19-30)42-36(39)31-20-22-32(23-21-31)40-26-11-12-27-41-34(37)4-2/h4,14-25H,2-3,5-13,26-27H2,1H3. The molecule has 6 heteroatoms. The van der Waals surface area contributed by atoms with Crippen molar-refractivity contribution in [1.82, 2.24) is 0 Å². The minimum Gasteiger partial charge on any atom is -0.494 e. The number of unbranched alkanes of at least 4 members (excludes halogenated alkanes) is 7. The summed E-state index contributed by atoms with van der Waals surface area (Å²) in [5, 5.41) is 0. The van der Waals surface area contributed by atoms with E-state index in [-0.39, 0.29) is 5.78 Å². The van der Waals surface area contributed by atoms with Crippen LogP contribution in [0.5, 0.6) is 11.5 Å². The molecule has 0 saturated heterocycles. The average molecular weight is 571 g/mol. The van der Waals surface area contributed by atoms with Crippen LogP contribution in [0.25, 0.3) is 0 Å². The van der Waals surface area contributed by atoms with Gasteiger partial charge in [0.05, 0.1) is 18.8 Å². The van der Waals surface area contributed by atoms with Gasteiger partial charge in [-0.05, 0) is 79.8 Å². The van der Waals surface area contributed by atoms with Gasteiger partial charge in [0.25, 0.3) is 0 Å². The average Bonchev–Trinajstić information content (AvgIpc) is 3.02. The van der Waals surface area contributed by atoms with Gasteiger partial charge in [0.1, 0.15) is 11.5 Å². The molecule has 3 aromatic rings. The summed E-state index contributed by atoms with van der Waals surface area (Å²) in [6, 6.07) is 21.2. The first-order valence-electron chi connectivity index (χ1n) is 15.0. The van der Waals surface area contributed by atoms with E-state index in [1.807, 2.05) is 24.3 Å². The van der Waals surface area contributed by atoms with Crippen LogP contribution < -0.4 is 9.47 Å². The summed E-state index contributed by atoms with van der Waals surface area (Å²) in [6.45, 7) is 6.37. The third-order valence-electron chi connectivity index (χ3n) is 6.92. The summed E-state index contributed by atoms with van der Waals surface area (Å²) in [5.74, 6) is -0.00943. The number of rotatable bonds is 19. The van der Waals surface area contributed by atoms with Crippen LogP contribution in [0.4, 0.5) is 0 Å². The van der Waals surface area contributed by atoms with E-state index in [0.29, 0.717) is 47.8 Å². The molecule has 0 N–H and O–H groups in total. The summed E-state index contributed by atoms with van der Waals surface area (Å²) in [5.41, 5.74) is 2.82. The topological polar surface area (TPSA) is 78.9 Å². The van der Waals surface area contributed by atoms with Gasteiger partial charge >= 0.3 is 11.9 Å². The van der Waals surface area contributed by atoms with Crippen LogP contribution in [-0.4, -0.2) is 30.9 Å². The van der Waals surface area contributed by atoms with Gasteiger partial charge < -0.3 is 14.2 Å². The van der Waals surface area contributed by atoms with Gasteiger partial charge in [-0.1, -0.05) is 76.3 Å². The van der Waals surface area contributed by atoms with Crippen molar-refractivity contribution < 1.29 is 28.6 Å². The van der Waals surface area contributed by atoms with Gasteiger partial charge in [-0.25, -0.2) is 9.59 Å². The molecule has 0 amide bonds. The largest absolute Gasteiger partial charge is 0.494 e. The van der Waals surface area contributed by atoms with E-state index < -0.39 is 11.9 Å². The third kappa shape index (κ3) is 11.4. The molecule has 3 aromatic carbocycles. The van der Waals surface area contributed by atoms with Crippen LogP contribution in [0, 0.1) is 0 Å². The van der Waals surface area contributed by atoms with Gasteiger partial charge in [-0.3, -0.25) is 4.79 Å². The second kappa shape index (κ2) is 18.3. The lowest BCUT2D eigenvalue weighted by atomic mass is 9.99. The fraction of sp³-hybridized carbons (Fsp3) is 0.361. The zero-order valence-corrected chi connectivity index (χ0v) is 24.6. The Morgan fingerprint density at radius 2 is 1.19 bits per heavy atom. The Balaban J connectivity index is 1.40. The second-order valence-electron chi connectivity index (χ2n) is 10.3. The molecule has 3 rings (SSSR count). The predicted octanol–water partition coefficient (Wildman–Crippen LogP) is 8.32.